The monoisotopic (exact) mass is 559 g/mol. The average molecular weight is 560 g/mol. The molecule has 9 nitrogen and oxygen atoms in total. The number of halogens is 3. The second-order valence-corrected chi connectivity index (χ2v) is 10.5. The molecule has 1 aliphatic carbocycles. The van der Waals surface area contributed by atoms with Crippen molar-refractivity contribution < 1.29 is 31.9 Å². The molecule has 2 fully saturated rings. The van der Waals surface area contributed by atoms with Crippen molar-refractivity contribution in [2.45, 2.75) is 69.6 Å². The maximum Gasteiger partial charge on any atom is 0.433 e. The number of ether oxygens (including phenoxy) is 1. The SMILES string of the molecule is COc1ccc(-c2nc(C(=O)NC3(C(=O)N4CCCC4)CCCCC3)c([C@H](C)N)o2)c2ccc(C(F)(F)F)nc12. The van der Waals surface area contributed by atoms with E-state index >= 15 is 0 Å². The van der Waals surface area contributed by atoms with Gasteiger partial charge in [-0.05, 0) is 56.9 Å². The van der Waals surface area contributed by atoms with Gasteiger partial charge in [0.2, 0.25) is 11.8 Å². The normalized spacial score (nSPS) is 18.1. The molecule has 0 spiro atoms. The van der Waals surface area contributed by atoms with Crippen molar-refractivity contribution in [1.82, 2.24) is 20.2 Å². The number of carbonyl (C=O) groups is 2. The highest BCUT2D eigenvalue weighted by Crippen LogP contribution is 2.38. The largest absolute Gasteiger partial charge is 0.494 e. The number of methoxy groups -OCH3 is 1. The number of benzene rings is 1. The zero-order chi connectivity index (χ0) is 28.7. The summed E-state index contributed by atoms with van der Waals surface area (Å²) in [5, 5.41) is 3.30. The van der Waals surface area contributed by atoms with E-state index in [4.69, 9.17) is 14.9 Å². The van der Waals surface area contributed by atoms with E-state index < -0.39 is 29.4 Å². The van der Waals surface area contributed by atoms with Gasteiger partial charge in [0.25, 0.3) is 5.91 Å². The van der Waals surface area contributed by atoms with Crippen LogP contribution in [-0.2, 0) is 11.0 Å². The highest BCUT2D eigenvalue weighted by atomic mass is 19.4. The van der Waals surface area contributed by atoms with E-state index in [1.165, 1.54) is 19.2 Å². The van der Waals surface area contributed by atoms with Gasteiger partial charge in [-0.25, -0.2) is 9.97 Å². The van der Waals surface area contributed by atoms with Crippen LogP contribution in [0.1, 0.15) is 79.9 Å². The number of oxazole rings is 1. The molecule has 3 N–H and O–H groups in total. The minimum Gasteiger partial charge on any atom is -0.494 e. The summed E-state index contributed by atoms with van der Waals surface area (Å²) in [6.07, 6.45) is 0.902. The van der Waals surface area contributed by atoms with Gasteiger partial charge in [-0.2, -0.15) is 13.2 Å². The van der Waals surface area contributed by atoms with Crippen molar-refractivity contribution in [3.63, 3.8) is 0 Å². The summed E-state index contributed by atoms with van der Waals surface area (Å²) in [5.74, 6) is -0.406. The summed E-state index contributed by atoms with van der Waals surface area (Å²) < 4.78 is 51.3. The third kappa shape index (κ3) is 5.12. The van der Waals surface area contributed by atoms with E-state index in [1.807, 2.05) is 4.90 Å². The molecule has 0 unspecified atom stereocenters. The Labute approximate surface area is 229 Å². The number of nitrogens with zero attached hydrogens (tertiary/aromatic N) is 3. The van der Waals surface area contributed by atoms with E-state index in [0.717, 1.165) is 38.2 Å². The Hall–Kier alpha value is -3.67. The van der Waals surface area contributed by atoms with Gasteiger partial charge < -0.3 is 25.1 Å². The van der Waals surface area contributed by atoms with Crippen molar-refractivity contribution in [2.75, 3.05) is 20.2 Å². The molecular weight excluding hydrogens is 527 g/mol. The number of carbonyl (C=O) groups excluding carboxylic acids is 2. The Morgan fingerprint density at radius 1 is 1.07 bits per heavy atom. The van der Waals surface area contributed by atoms with Gasteiger partial charge in [-0.1, -0.05) is 19.3 Å². The molecule has 0 radical (unpaired) electrons. The molecule has 1 aromatic carbocycles. The molecule has 1 atom stereocenters. The second kappa shape index (κ2) is 10.7. The number of likely N-dealkylation sites (tertiary alicyclic amines) is 1. The lowest BCUT2D eigenvalue weighted by molar-refractivity contribution is -0.141. The highest BCUT2D eigenvalue weighted by Gasteiger charge is 2.45. The zero-order valence-electron chi connectivity index (χ0n) is 22.4. The number of hydrogen-bond acceptors (Lipinski definition) is 7. The quantitative estimate of drug-likeness (QED) is 0.436. The predicted molar refractivity (Wildman–Crippen MR) is 140 cm³/mol. The van der Waals surface area contributed by atoms with Gasteiger partial charge in [0, 0.05) is 24.0 Å². The second-order valence-electron chi connectivity index (χ2n) is 10.5. The molecule has 2 aromatic heterocycles. The molecular formula is C28H32F3N5O4. The Bertz CT molecular complexity index is 1420. The zero-order valence-corrected chi connectivity index (χ0v) is 22.4. The van der Waals surface area contributed by atoms with E-state index in [2.05, 4.69) is 15.3 Å². The van der Waals surface area contributed by atoms with Gasteiger partial charge >= 0.3 is 6.18 Å². The standard InChI is InChI=1S/C28H32F3N5O4/c1-16(32)23-22(24(37)35-27(12-4-3-5-13-27)26(38)36-14-6-7-15-36)34-25(40-23)18-8-10-19(39-2)21-17(18)9-11-20(33-21)28(29,30)31/h8-11,16H,3-7,12-15,32H2,1-2H3,(H,35,37)/t16-/m0/s1. The van der Waals surface area contributed by atoms with E-state index in [0.29, 0.717) is 36.9 Å². The van der Waals surface area contributed by atoms with Crippen LogP contribution in [0.2, 0.25) is 0 Å². The maximum absolute atomic E-state index is 13.7. The molecule has 3 heterocycles. The first kappa shape index (κ1) is 27.9. The molecule has 0 bridgehead atoms. The first-order valence-corrected chi connectivity index (χ1v) is 13.5. The van der Waals surface area contributed by atoms with Crippen molar-refractivity contribution >= 4 is 22.7 Å². The van der Waals surface area contributed by atoms with Crippen LogP contribution < -0.4 is 15.8 Å². The summed E-state index contributed by atoms with van der Waals surface area (Å²) in [7, 11) is 1.34. The van der Waals surface area contributed by atoms with Crippen LogP contribution in [0.5, 0.6) is 5.75 Å². The maximum atomic E-state index is 13.7. The van der Waals surface area contributed by atoms with Gasteiger partial charge in [0.05, 0.1) is 13.2 Å². The Kier molecular flexibility index (Phi) is 7.47. The van der Waals surface area contributed by atoms with Gasteiger partial charge in [0.15, 0.2) is 11.5 Å². The third-order valence-electron chi connectivity index (χ3n) is 7.71. The van der Waals surface area contributed by atoms with Crippen LogP contribution in [0, 0.1) is 0 Å². The summed E-state index contributed by atoms with van der Waals surface area (Å²) >= 11 is 0. The number of nitrogens with two attached hydrogens (primary N) is 1. The van der Waals surface area contributed by atoms with Gasteiger partial charge in [-0.3, -0.25) is 9.59 Å². The Balaban J connectivity index is 1.54. The van der Waals surface area contributed by atoms with Crippen LogP contribution in [0.3, 0.4) is 0 Å². The van der Waals surface area contributed by atoms with Crippen molar-refractivity contribution in [3.05, 3.63) is 41.4 Å². The van der Waals surface area contributed by atoms with E-state index in [-0.39, 0.29) is 34.5 Å². The number of fused-ring (bicyclic) bond motifs is 1. The fourth-order valence-electron chi connectivity index (χ4n) is 5.67. The first-order chi connectivity index (χ1) is 19.0. The number of nitrogens with one attached hydrogen (secondary N) is 1. The summed E-state index contributed by atoms with van der Waals surface area (Å²) in [6.45, 7) is 2.98. The number of amides is 2. The lowest BCUT2D eigenvalue weighted by Gasteiger charge is -2.39. The fraction of sp³-hybridized carbons (Fsp3) is 0.500. The molecule has 2 amide bonds. The number of alkyl halides is 3. The van der Waals surface area contributed by atoms with Crippen LogP contribution in [0.4, 0.5) is 13.2 Å². The number of pyridine rings is 1. The summed E-state index contributed by atoms with van der Waals surface area (Å²) in [4.78, 5) is 37.3. The molecule has 12 heteroatoms. The molecule has 1 saturated carbocycles. The van der Waals surface area contributed by atoms with Crippen LogP contribution in [0.15, 0.2) is 28.7 Å². The van der Waals surface area contributed by atoms with Crippen molar-refractivity contribution in [3.8, 4) is 17.2 Å². The molecule has 3 aromatic rings. The van der Waals surface area contributed by atoms with Crippen molar-refractivity contribution in [1.29, 1.82) is 0 Å². The first-order valence-electron chi connectivity index (χ1n) is 13.5. The van der Waals surface area contributed by atoms with Crippen molar-refractivity contribution in [2.24, 2.45) is 5.73 Å². The molecule has 1 saturated heterocycles. The molecule has 40 heavy (non-hydrogen) atoms. The minimum atomic E-state index is -4.65. The molecule has 2 aliphatic rings. The van der Waals surface area contributed by atoms with E-state index in [9.17, 15) is 22.8 Å². The topological polar surface area (TPSA) is 124 Å². The smallest absolute Gasteiger partial charge is 0.433 e. The minimum absolute atomic E-state index is 0.00442. The van der Waals surface area contributed by atoms with E-state index in [1.54, 1.807) is 13.0 Å². The average Bonchev–Trinajstić information content (AvgIpc) is 3.63. The highest BCUT2D eigenvalue weighted by molar-refractivity contribution is 6.00. The van der Waals surface area contributed by atoms with Gasteiger partial charge in [-0.15, -0.1) is 0 Å². The van der Waals surface area contributed by atoms with Crippen LogP contribution >= 0.6 is 0 Å². The number of hydrogen-bond donors (Lipinski definition) is 2. The lowest BCUT2D eigenvalue weighted by Crippen LogP contribution is -2.60. The van der Waals surface area contributed by atoms with Crippen LogP contribution in [0.25, 0.3) is 22.4 Å². The Morgan fingerprint density at radius 2 is 1.77 bits per heavy atom. The predicted octanol–water partition coefficient (Wildman–Crippen LogP) is 4.99. The summed E-state index contributed by atoms with van der Waals surface area (Å²) in [5.41, 5.74) is 4.28. The number of rotatable bonds is 6. The Morgan fingerprint density at radius 3 is 2.40 bits per heavy atom. The molecule has 5 rings (SSSR count). The summed E-state index contributed by atoms with van der Waals surface area (Å²) in [6, 6.07) is 4.45. The lowest BCUT2D eigenvalue weighted by atomic mass is 9.80. The number of aromatic nitrogens is 2. The molecule has 1 aliphatic heterocycles. The fourth-order valence-corrected chi connectivity index (χ4v) is 5.67. The van der Waals surface area contributed by atoms with Gasteiger partial charge in [0.1, 0.15) is 22.5 Å². The molecule has 214 valence electrons. The van der Waals surface area contributed by atoms with Crippen LogP contribution in [-0.4, -0.2) is 52.4 Å². The third-order valence-corrected chi connectivity index (χ3v) is 7.71.